The molecule has 152 valence electrons. The van der Waals surface area contributed by atoms with Crippen molar-refractivity contribution in [1.29, 1.82) is 0 Å². The molecule has 28 heavy (non-hydrogen) atoms. The first kappa shape index (κ1) is 21.5. The zero-order valence-electron chi connectivity index (χ0n) is 15.5. The normalized spacial score (nSPS) is 12.6. The number of carbonyl (C=O) groups excluding carboxylic acids is 1. The maximum absolute atomic E-state index is 13.8. The highest BCUT2D eigenvalue weighted by Crippen LogP contribution is 2.24. The maximum Gasteiger partial charge on any atom is 0.573 e. The average Bonchev–Trinajstić information content (AvgIpc) is 2.61. The van der Waals surface area contributed by atoms with E-state index in [0.717, 1.165) is 12.1 Å². The van der Waals surface area contributed by atoms with Crippen molar-refractivity contribution in [3.63, 3.8) is 0 Å². The Kier molecular flexibility index (Phi) is 6.85. The summed E-state index contributed by atoms with van der Waals surface area (Å²) in [6, 6.07) is 8.80. The summed E-state index contributed by atoms with van der Waals surface area (Å²) in [5.41, 5.74) is 0.990. The molecule has 0 spiro atoms. The molecule has 0 bridgehead atoms. The molecule has 0 saturated carbocycles. The molecule has 0 saturated heterocycles. The van der Waals surface area contributed by atoms with E-state index in [1.54, 1.807) is 24.9 Å². The van der Waals surface area contributed by atoms with Gasteiger partial charge in [0, 0.05) is 12.2 Å². The molecule has 0 fully saturated rings. The van der Waals surface area contributed by atoms with Crippen molar-refractivity contribution in [2.24, 2.45) is 0 Å². The predicted octanol–water partition coefficient (Wildman–Crippen LogP) is 4.19. The molecule has 1 atom stereocenters. The van der Waals surface area contributed by atoms with Crippen LogP contribution >= 0.6 is 0 Å². The van der Waals surface area contributed by atoms with Crippen molar-refractivity contribution in [3.8, 4) is 11.5 Å². The van der Waals surface area contributed by atoms with Crippen molar-refractivity contribution in [1.82, 2.24) is 4.90 Å². The fraction of sp³-hybridized carbons (Fsp3) is 0.316. The van der Waals surface area contributed by atoms with Crippen LogP contribution in [0.2, 0.25) is 0 Å². The maximum atomic E-state index is 13.8. The van der Waals surface area contributed by atoms with Crippen molar-refractivity contribution in [2.45, 2.75) is 25.9 Å². The standard InChI is InChI=1S/C19H20F4N2O3/c1-12(25(2)11-13-4-9-17(27-3)16(20)10-13)18(26)24-14-5-7-15(8-6-14)28-19(21,22)23/h4-10,12H,11H2,1-3H3,(H,24,26)/t12-/m1/s1. The number of anilines is 1. The Hall–Kier alpha value is -2.81. The van der Waals surface area contributed by atoms with E-state index in [2.05, 4.69) is 10.1 Å². The smallest absolute Gasteiger partial charge is 0.494 e. The molecule has 0 aliphatic carbocycles. The molecule has 2 aromatic carbocycles. The first-order valence-electron chi connectivity index (χ1n) is 8.28. The van der Waals surface area contributed by atoms with Crippen LogP contribution in [0.25, 0.3) is 0 Å². The molecule has 0 aliphatic heterocycles. The van der Waals surface area contributed by atoms with Gasteiger partial charge in [0.2, 0.25) is 5.91 Å². The highest BCUT2D eigenvalue weighted by Gasteiger charge is 2.31. The van der Waals surface area contributed by atoms with Gasteiger partial charge in [-0.3, -0.25) is 9.69 Å². The number of hydrogen-bond acceptors (Lipinski definition) is 4. The molecule has 0 aromatic heterocycles. The van der Waals surface area contributed by atoms with Gasteiger partial charge in [0.25, 0.3) is 0 Å². The first-order chi connectivity index (χ1) is 13.1. The van der Waals surface area contributed by atoms with Crippen LogP contribution in [0.5, 0.6) is 11.5 Å². The number of hydrogen-bond donors (Lipinski definition) is 1. The summed E-state index contributed by atoms with van der Waals surface area (Å²) in [5.74, 6) is -1.10. The molecule has 0 aliphatic rings. The molecule has 1 amide bonds. The number of nitrogens with zero attached hydrogens (tertiary/aromatic N) is 1. The van der Waals surface area contributed by atoms with Crippen molar-refractivity contribution < 1.29 is 31.8 Å². The van der Waals surface area contributed by atoms with Gasteiger partial charge < -0.3 is 14.8 Å². The summed E-state index contributed by atoms with van der Waals surface area (Å²) < 4.78 is 58.9. The van der Waals surface area contributed by atoms with E-state index in [9.17, 15) is 22.4 Å². The van der Waals surface area contributed by atoms with Crippen LogP contribution in [0.15, 0.2) is 42.5 Å². The van der Waals surface area contributed by atoms with Gasteiger partial charge in [-0.25, -0.2) is 4.39 Å². The Labute approximate surface area is 159 Å². The molecule has 9 heteroatoms. The second-order valence-corrected chi connectivity index (χ2v) is 6.12. The van der Waals surface area contributed by atoms with Crippen molar-refractivity contribution in [3.05, 3.63) is 53.8 Å². The number of methoxy groups -OCH3 is 1. The van der Waals surface area contributed by atoms with Crippen LogP contribution in [0.4, 0.5) is 23.2 Å². The number of ether oxygens (including phenoxy) is 2. The van der Waals surface area contributed by atoms with Gasteiger partial charge in [-0.15, -0.1) is 13.2 Å². The molecule has 0 radical (unpaired) electrons. The minimum absolute atomic E-state index is 0.134. The Morgan fingerprint density at radius 1 is 1.18 bits per heavy atom. The molecule has 2 aromatic rings. The molecule has 0 heterocycles. The van der Waals surface area contributed by atoms with E-state index in [1.165, 1.54) is 31.4 Å². The lowest BCUT2D eigenvalue weighted by molar-refractivity contribution is -0.274. The molecule has 1 N–H and O–H groups in total. The zero-order valence-corrected chi connectivity index (χ0v) is 15.5. The summed E-state index contributed by atoms with van der Waals surface area (Å²) >= 11 is 0. The van der Waals surface area contributed by atoms with E-state index < -0.39 is 18.2 Å². The van der Waals surface area contributed by atoms with Crippen LogP contribution in [0.1, 0.15) is 12.5 Å². The summed E-state index contributed by atoms with van der Waals surface area (Å²) in [6.07, 6.45) is -4.77. The van der Waals surface area contributed by atoms with Gasteiger partial charge in [0.05, 0.1) is 13.2 Å². The summed E-state index contributed by atoms with van der Waals surface area (Å²) in [4.78, 5) is 14.1. The van der Waals surface area contributed by atoms with Gasteiger partial charge in [-0.2, -0.15) is 0 Å². The number of likely N-dealkylation sites (N-methyl/N-ethyl adjacent to an activating group) is 1. The second-order valence-electron chi connectivity index (χ2n) is 6.12. The minimum atomic E-state index is -4.77. The van der Waals surface area contributed by atoms with E-state index in [1.807, 2.05) is 0 Å². The van der Waals surface area contributed by atoms with Crippen LogP contribution in [0.3, 0.4) is 0 Å². The van der Waals surface area contributed by atoms with Crippen molar-refractivity contribution >= 4 is 11.6 Å². The van der Waals surface area contributed by atoms with Gasteiger partial charge in [0.15, 0.2) is 11.6 Å². The third-order valence-corrected chi connectivity index (χ3v) is 4.04. The molecule has 2 rings (SSSR count). The lowest BCUT2D eigenvalue weighted by Gasteiger charge is -2.24. The second kappa shape index (κ2) is 8.92. The highest BCUT2D eigenvalue weighted by molar-refractivity contribution is 5.94. The fourth-order valence-corrected chi connectivity index (χ4v) is 2.42. The highest BCUT2D eigenvalue weighted by atomic mass is 19.4. The Morgan fingerprint density at radius 2 is 1.82 bits per heavy atom. The first-order valence-corrected chi connectivity index (χ1v) is 8.28. The van der Waals surface area contributed by atoms with Crippen LogP contribution in [-0.4, -0.2) is 37.4 Å². The van der Waals surface area contributed by atoms with E-state index in [-0.39, 0.29) is 17.4 Å². The van der Waals surface area contributed by atoms with E-state index in [4.69, 9.17) is 4.74 Å². The van der Waals surface area contributed by atoms with Crippen LogP contribution in [0, 0.1) is 5.82 Å². The third kappa shape index (κ3) is 6.12. The van der Waals surface area contributed by atoms with E-state index >= 15 is 0 Å². The van der Waals surface area contributed by atoms with Gasteiger partial charge >= 0.3 is 6.36 Å². The minimum Gasteiger partial charge on any atom is -0.494 e. The van der Waals surface area contributed by atoms with Crippen LogP contribution < -0.4 is 14.8 Å². The SMILES string of the molecule is COc1ccc(CN(C)[C@H](C)C(=O)Nc2ccc(OC(F)(F)F)cc2)cc1F. The number of amides is 1. The summed E-state index contributed by atoms with van der Waals surface area (Å²) in [7, 11) is 3.07. The number of benzene rings is 2. The average molecular weight is 400 g/mol. The predicted molar refractivity (Wildman–Crippen MR) is 95.6 cm³/mol. The molecule has 5 nitrogen and oxygen atoms in total. The topological polar surface area (TPSA) is 50.8 Å². The zero-order chi connectivity index (χ0) is 20.9. The number of alkyl halides is 3. The molecular weight excluding hydrogens is 380 g/mol. The van der Waals surface area contributed by atoms with Gasteiger partial charge in [-0.05, 0) is 55.9 Å². The van der Waals surface area contributed by atoms with Gasteiger partial charge in [-0.1, -0.05) is 6.07 Å². The van der Waals surface area contributed by atoms with Crippen LogP contribution in [-0.2, 0) is 11.3 Å². The van der Waals surface area contributed by atoms with Crippen molar-refractivity contribution in [2.75, 3.05) is 19.5 Å². The number of carbonyl (C=O) groups is 1. The number of nitrogens with one attached hydrogen (secondary N) is 1. The fourth-order valence-electron chi connectivity index (χ4n) is 2.42. The summed E-state index contributed by atoms with van der Waals surface area (Å²) in [6.45, 7) is 1.98. The third-order valence-electron chi connectivity index (χ3n) is 4.04. The number of rotatable bonds is 7. The Morgan fingerprint density at radius 3 is 2.36 bits per heavy atom. The monoisotopic (exact) mass is 400 g/mol. The lowest BCUT2D eigenvalue weighted by atomic mass is 10.1. The lowest BCUT2D eigenvalue weighted by Crippen LogP contribution is -2.39. The summed E-state index contributed by atoms with van der Waals surface area (Å²) in [5, 5.41) is 2.62. The Bertz CT molecular complexity index is 810. The quantitative estimate of drug-likeness (QED) is 0.708. The molecular formula is C19H20F4N2O3. The largest absolute Gasteiger partial charge is 0.573 e. The van der Waals surface area contributed by atoms with Gasteiger partial charge in [0.1, 0.15) is 5.75 Å². The Balaban J connectivity index is 1.95. The number of halogens is 4. The molecule has 0 unspecified atom stereocenters. The van der Waals surface area contributed by atoms with E-state index in [0.29, 0.717) is 17.8 Å².